The van der Waals surface area contributed by atoms with Crippen molar-refractivity contribution in [2.45, 2.75) is 51.3 Å². The molecule has 4 nitrogen and oxygen atoms in total. The van der Waals surface area contributed by atoms with Crippen LogP contribution in [0.3, 0.4) is 0 Å². The summed E-state index contributed by atoms with van der Waals surface area (Å²) in [6.07, 6.45) is -0.0401. The molecule has 3 aromatic carbocycles. The summed E-state index contributed by atoms with van der Waals surface area (Å²) in [5.41, 5.74) is -1.90. The number of carbonyl (C=O) groups is 1. The first-order valence-electron chi connectivity index (χ1n) is 13.7. The molecule has 0 aliphatic carbocycles. The van der Waals surface area contributed by atoms with Gasteiger partial charge in [-0.2, -0.15) is 13.2 Å². The highest BCUT2D eigenvalue weighted by atomic mass is 19.4. The second-order valence-electron chi connectivity index (χ2n) is 9.90. The van der Waals surface area contributed by atoms with Crippen molar-refractivity contribution >= 4 is 5.91 Å². The van der Waals surface area contributed by atoms with Crippen LogP contribution in [0.1, 0.15) is 72.3 Å². The molecule has 1 N–H and O–H groups in total. The number of unbranched alkanes of at least 4 members (excludes halogenated alkanes) is 2. The number of benzene rings is 3. The van der Waals surface area contributed by atoms with E-state index in [2.05, 4.69) is 0 Å². The van der Waals surface area contributed by atoms with Crippen LogP contribution in [0.5, 0.6) is 0 Å². The number of aromatic nitrogens is 1. The van der Waals surface area contributed by atoms with E-state index in [1.54, 1.807) is 65.6 Å². The van der Waals surface area contributed by atoms with Crippen molar-refractivity contribution in [2.75, 3.05) is 13.1 Å². The van der Waals surface area contributed by atoms with Crippen molar-refractivity contribution in [3.05, 3.63) is 125 Å². The van der Waals surface area contributed by atoms with Gasteiger partial charge in [0.05, 0.1) is 22.5 Å². The van der Waals surface area contributed by atoms with Crippen LogP contribution in [-0.2, 0) is 11.8 Å². The van der Waals surface area contributed by atoms with Crippen LogP contribution in [0.4, 0.5) is 13.2 Å². The molecular formula is C33H35F3N2O2. The largest absolute Gasteiger partial charge is 0.418 e. The lowest BCUT2D eigenvalue weighted by molar-refractivity contribution is -0.137. The average molecular weight is 549 g/mol. The molecule has 1 aromatic heterocycles. The van der Waals surface area contributed by atoms with Crippen LogP contribution < -0.4 is 0 Å². The van der Waals surface area contributed by atoms with E-state index >= 15 is 0 Å². The van der Waals surface area contributed by atoms with Gasteiger partial charge >= 0.3 is 6.18 Å². The summed E-state index contributed by atoms with van der Waals surface area (Å²) in [5.74, 6) is -0.453. The normalized spacial score (nSPS) is 11.9. The molecule has 0 saturated heterocycles. The van der Waals surface area contributed by atoms with Crippen LogP contribution >= 0.6 is 0 Å². The van der Waals surface area contributed by atoms with Gasteiger partial charge in [-0.1, -0.05) is 93.4 Å². The Bertz CT molecular complexity index is 1350. The summed E-state index contributed by atoms with van der Waals surface area (Å²) < 4.78 is 45.0. The second kappa shape index (κ2) is 12.6. The van der Waals surface area contributed by atoms with Crippen molar-refractivity contribution in [3.63, 3.8) is 0 Å². The Labute approximate surface area is 233 Å². The first-order valence-corrected chi connectivity index (χ1v) is 13.7. The van der Waals surface area contributed by atoms with Gasteiger partial charge in [0.2, 0.25) is 0 Å². The molecule has 0 aliphatic rings. The number of aliphatic hydroxyl groups is 1. The van der Waals surface area contributed by atoms with Crippen LogP contribution in [0.15, 0.2) is 97.2 Å². The molecule has 1 heterocycles. The lowest BCUT2D eigenvalue weighted by atomic mass is 9.83. The van der Waals surface area contributed by atoms with E-state index in [0.29, 0.717) is 24.2 Å². The SMILES string of the molecule is CCCCN(CCCC)C(=O)c1cccc(C(F)(F)F)c1-n1cccc1C(O)(c1ccccc1)c1ccccc1. The molecule has 4 aromatic rings. The van der Waals surface area contributed by atoms with Gasteiger partial charge in [0.15, 0.2) is 5.60 Å². The number of nitrogens with zero attached hydrogens (tertiary/aromatic N) is 2. The number of rotatable bonds is 11. The summed E-state index contributed by atoms with van der Waals surface area (Å²) in [6, 6.07) is 24.6. The molecule has 0 fully saturated rings. The highest BCUT2D eigenvalue weighted by Crippen LogP contribution is 2.42. The van der Waals surface area contributed by atoms with Crippen LogP contribution in [0.2, 0.25) is 0 Å². The van der Waals surface area contributed by atoms with E-state index in [1.165, 1.54) is 22.9 Å². The molecule has 0 radical (unpaired) electrons. The van der Waals surface area contributed by atoms with Crippen molar-refractivity contribution in [1.82, 2.24) is 9.47 Å². The number of amides is 1. The molecule has 0 saturated carbocycles. The third-order valence-electron chi connectivity index (χ3n) is 7.17. The third kappa shape index (κ3) is 5.85. The van der Waals surface area contributed by atoms with E-state index in [9.17, 15) is 23.1 Å². The lowest BCUT2D eigenvalue weighted by Gasteiger charge is -2.32. The third-order valence-corrected chi connectivity index (χ3v) is 7.17. The van der Waals surface area contributed by atoms with Gasteiger partial charge in [0, 0.05) is 19.3 Å². The van der Waals surface area contributed by atoms with Crippen molar-refractivity contribution < 1.29 is 23.1 Å². The van der Waals surface area contributed by atoms with E-state index in [1.807, 2.05) is 26.0 Å². The molecule has 4 rings (SSSR count). The minimum atomic E-state index is -4.73. The monoisotopic (exact) mass is 548 g/mol. The van der Waals surface area contributed by atoms with Gasteiger partial charge in [0.1, 0.15) is 0 Å². The zero-order valence-corrected chi connectivity index (χ0v) is 22.9. The molecule has 210 valence electrons. The number of para-hydroxylation sites is 1. The fourth-order valence-corrected chi connectivity index (χ4v) is 5.08. The van der Waals surface area contributed by atoms with Crippen molar-refractivity contribution in [3.8, 4) is 5.69 Å². The minimum absolute atomic E-state index is 0.0528. The maximum Gasteiger partial charge on any atom is 0.418 e. The Morgan fingerprint density at radius 2 is 1.32 bits per heavy atom. The molecule has 0 spiro atoms. The predicted molar refractivity (Wildman–Crippen MR) is 151 cm³/mol. The predicted octanol–water partition coefficient (Wildman–Crippen LogP) is 7.82. The molecule has 0 unspecified atom stereocenters. The Morgan fingerprint density at radius 3 is 1.82 bits per heavy atom. The van der Waals surface area contributed by atoms with E-state index in [-0.39, 0.29) is 16.9 Å². The van der Waals surface area contributed by atoms with Gasteiger partial charge in [-0.25, -0.2) is 0 Å². The van der Waals surface area contributed by atoms with Gasteiger partial charge in [-0.3, -0.25) is 4.79 Å². The van der Waals surface area contributed by atoms with E-state index < -0.39 is 23.2 Å². The number of halogens is 3. The zero-order chi connectivity index (χ0) is 28.8. The fourth-order valence-electron chi connectivity index (χ4n) is 5.08. The number of hydrogen-bond acceptors (Lipinski definition) is 2. The molecule has 0 bridgehead atoms. The maximum absolute atomic E-state index is 14.6. The summed E-state index contributed by atoms with van der Waals surface area (Å²) in [5, 5.41) is 12.4. The van der Waals surface area contributed by atoms with Crippen molar-refractivity contribution in [1.29, 1.82) is 0 Å². The summed E-state index contributed by atoms with van der Waals surface area (Å²) in [6.45, 7) is 4.94. The summed E-state index contributed by atoms with van der Waals surface area (Å²) in [7, 11) is 0. The highest BCUT2D eigenvalue weighted by Gasteiger charge is 2.41. The lowest BCUT2D eigenvalue weighted by Crippen LogP contribution is -2.35. The molecule has 0 atom stereocenters. The number of hydrogen-bond donors (Lipinski definition) is 1. The topological polar surface area (TPSA) is 45.5 Å². The number of carbonyl (C=O) groups excluding carboxylic acids is 1. The van der Waals surface area contributed by atoms with Crippen LogP contribution in [0.25, 0.3) is 5.69 Å². The van der Waals surface area contributed by atoms with Crippen LogP contribution in [-0.4, -0.2) is 33.6 Å². The second-order valence-corrected chi connectivity index (χ2v) is 9.90. The standard InChI is InChI=1S/C33H35F3N2O2/c1-3-5-22-37(23-6-4-2)31(39)27-19-13-20-28(33(34,35)36)30(27)38-24-14-21-29(38)32(40,25-15-9-7-10-16-25)26-17-11-8-12-18-26/h7-21,24,40H,3-6,22-23H2,1-2H3. The van der Waals surface area contributed by atoms with Gasteiger partial charge in [-0.15, -0.1) is 0 Å². The van der Waals surface area contributed by atoms with E-state index in [4.69, 9.17) is 0 Å². The summed E-state index contributed by atoms with van der Waals surface area (Å²) >= 11 is 0. The van der Waals surface area contributed by atoms with Crippen LogP contribution in [0, 0.1) is 0 Å². The van der Waals surface area contributed by atoms with Gasteiger partial charge in [0.25, 0.3) is 5.91 Å². The van der Waals surface area contributed by atoms with Crippen molar-refractivity contribution in [2.24, 2.45) is 0 Å². The molecule has 1 amide bonds. The quantitative estimate of drug-likeness (QED) is 0.208. The summed E-state index contributed by atoms with van der Waals surface area (Å²) in [4.78, 5) is 15.6. The highest BCUT2D eigenvalue weighted by molar-refractivity contribution is 5.98. The molecule has 0 aliphatic heterocycles. The molecular weight excluding hydrogens is 513 g/mol. The molecule has 40 heavy (non-hydrogen) atoms. The Kier molecular flexibility index (Phi) is 9.15. The fraction of sp³-hybridized carbons (Fsp3) is 0.303. The Hall–Kier alpha value is -3.84. The average Bonchev–Trinajstić information content (AvgIpc) is 3.47. The Morgan fingerprint density at radius 1 is 0.775 bits per heavy atom. The zero-order valence-electron chi connectivity index (χ0n) is 22.9. The Balaban J connectivity index is 1.98. The molecule has 7 heteroatoms. The van der Waals surface area contributed by atoms with Gasteiger partial charge < -0.3 is 14.6 Å². The first-order chi connectivity index (χ1) is 19.2. The minimum Gasteiger partial charge on any atom is -0.375 e. The number of alkyl halides is 3. The maximum atomic E-state index is 14.6. The van der Waals surface area contributed by atoms with Gasteiger partial charge in [-0.05, 0) is 48.2 Å². The first kappa shape index (κ1) is 29.2. The smallest absolute Gasteiger partial charge is 0.375 e. The van der Waals surface area contributed by atoms with E-state index in [0.717, 1.165) is 31.7 Å².